The van der Waals surface area contributed by atoms with E-state index < -0.39 is 23.9 Å². The van der Waals surface area contributed by atoms with Crippen molar-refractivity contribution in [1.82, 2.24) is 40.2 Å². The van der Waals surface area contributed by atoms with Gasteiger partial charge in [-0.05, 0) is 37.0 Å². The average molecular weight is 690 g/mol. The molecule has 1 unspecified atom stereocenters. The molecule has 0 radical (unpaired) electrons. The number of alkyl halides is 3. The number of rotatable bonds is 8. The molecule has 2 aliphatic carbocycles. The Morgan fingerprint density at radius 1 is 1.10 bits per heavy atom. The summed E-state index contributed by atoms with van der Waals surface area (Å²) in [5.74, 6) is -0.648. The van der Waals surface area contributed by atoms with Gasteiger partial charge in [-0.25, -0.2) is 9.78 Å². The van der Waals surface area contributed by atoms with Crippen molar-refractivity contribution in [3.8, 4) is 11.3 Å². The number of hydrogen-bond donors (Lipinski definition) is 5. The van der Waals surface area contributed by atoms with E-state index in [1.807, 2.05) is 0 Å². The van der Waals surface area contributed by atoms with Crippen LogP contribution in [0.3, 0.4) is 0 Å². The number of carbonyl (C=O) groups is 3. The molecule has 2 saturated carbocycles. The first kappa shape index (κ1) is 32.4. The summed E-state index contributed by atoms with van der Waals surface area (Å²) in [6.07, 6.45) is 0.222. The number of imidazole rings is 1. The molecule has 5 N–H and O–H groups in total. The first-order chi connectivity index (χ1) is 22.9. The number of aliphatic hydroxyl groups is 1. The number of hydrogen-bond acceptors (Lipinski definition) is 7. The molecule has 4 aliphatic rings. The molecule has 2 saturated heterocycles. The number of piperidine rings is 1. The molecule has 4 heterocycles. The highest BCUT2D eigenvalue weighted by atomic mass is 35.5. The van der Waals surface area contributed by atoms with E-state index in [1.54, 1.807) is 4.90 Å². The Balaban J connectivity index is 0.957. The maximum absolute atomic E-state index is 13.9. The van der Waals surface area contributed by atoms with E-state index in [4.69, 9.17) is 11.6 Å². The number of urea groups is 1. The number of fused-ring (bicyclic) bond motifs is 1. The van der Waals surface area contributed by atoms with Gasteiger partial charge in [-0.2, -0.15) is 18.3 Å². The van der Waals surface area contributed by atoms with Crippen LogP contribution in [-0.4, -0.2) is 91.6 Å². The standard InChI is InChI=1S/C31H35ClF3N9O4/c1-42-23(20-14-44(11-15-3-2-4-15)41-26(20)31(33,34)35)9-37-27(42)29(47)38-16-5-6-17(21(32)7-16)28(46)40-25-18-12-43(13-19(18)25)30(48)39-22-8-36-10-24(22)45/h5-7,9,14-15,18-19,22,24-25,36,45H,2-4,8,10-13H2,1H3,(H,38,47)(H,39,48)(H,40,46)/t18-,19+,22-,24-,25?/m1/s1. The highest BCUT2D eigenvalue weighted by Gasteiger charge is 2.57. The van der Waals surface area contributed by atoms with Gasteiger partial charge in [0.1, 0.15) is 0 Å². The summed E-state index contributed by atoms with van der Waals surface area (Å²) in [6.45, 7) is 2.33. The molecule has 4 amide bonds. The van der Waals surface area contributed by atoms with Gasteiger partial charge in [0.15, 0.2) is 11.5 Å². The lowest BCUT2D eigenvalue weighted by molar-refractivity contribution is -0.141. The second-order valence-electron chi connectivity index (χ2n) is 13.1. The lowest BCUT2D eigenvalue weighted by atomic mass is 9.85. The van der Waals surface area contributed by atoms with Crippen LogP contribution >= 0.6 is 11.6 Å². The van der Waals surface area contributed by atoms with Gasteiger partial charge in [0.25, 0.3) is 11.8 Å². The summed E-state index contributed by atoms with van der Waals surface area (Å²) in [6, 6.07) is 3.73. The molecule has 0 spiro atoms. The zero-order valence-electron chi connectivity index (χ0n) is 25.9. The summed E-state index contributed by atoms with van der Waals surface area (Å²) < 4.78 is 44.3. The van der Waals surface area contributed by atoms with Gasteiger partial charge >= 0.3 is 12.2 Å². The molecular formula is C31H35ClF3N9O4. The Labute approximate surface area is 278 Å². The van der Waals surface area contributed by atoms with Crippen LogP contribution in [-0.2, 0) is 19.8 Å². The molecular weight excluding hydrogens is 655 g/mol. The van der Waals surface area contributed by atoms with Crippen molar-refractivity contribution in [3.05, 3.63) is 52.7 Å². The number of likely N-dealkylation sites (tertiary alicyclic amines) is 1. The van der Waals surface area contributed by atoms with Crippen LogP contribution in [0.4, 0.5) is 23.7 Å². The molecule has 2 aliphatic heterocycles. The Kier molecular flexibility index (Phi) is 8.36. The third kappa shape index (κ3) is 6.23. The van der Waals surface area contributed by atoms with Crippen LogP contribution in [0.2, 0.25) is 5.02 Å². The van der Waals surface area contributed by atoms with E-state index in [2.05, 4.69) is 31.3 Å². The first-order valence-corrected chi connectivity index (χ1v) is 16.3. The molecule has 3 aromatic rings. The van der Waals surface area contributed by atoms with Crippen LogP contribution in [0, 0.1) is 17.8 Å². The Hall–Kier alpha value is -4.15. The minimum absolute atomic E-state index is 0.0927. The normalized spacial score (nSPS) is 25.0. The molecule has 17 heteroatoms. The molecule has 13 nitrogen and oxygen atoms in total. The fourth-order valence-electron chi connectivity index (χ4n) is 6.88. The number of anilines is 1. The Morgan fingerprint density at radius 3 is 2.48 bits per heavy atom. The third-order valence-electron chi connectivity index (χ3n) is 9.91. The summed E-state index contributed by atoms with van der Waals surface area (Å²) in [4.78, 5) is 44.5. The molecule has 7 rings (SSSR count). The second-order valence-corrected chi connectivity index (χ2v) is 13.5. The zero-order valence-corrected chi connectivity index (χ0v) is 26.7. The fraction of sp³-hybridized carbons (Fsp3) is 0.516. The van der Waals surface area contributed by atoms with Crippen LogP contribution in [0.25, 0.3) is 11.3 Å². The maximum Gasteiger partial charge on any atom is 0.435 e. The summed E-state index contributed by atoms with van der Waals surface area (Å²) in [5, 5.41) is 25.3. The van der Waals surface area contributed by atoms with Gasteiger partial charge in [-0.3, -0.25) is 14.3 Å². The van der Waals surface area contributed by atoms with Crippen molar-refractivity contribution in [3.63, 3.8) is 0 Å². The maximum atomic E-state index is 13.9. The van der Waals surface area contributed by atoms with Gasteiger partial charge in [0.05, 0.1) is 40.2 Å². The van der Waals surface area contributed by atoms with Crippen LogP contribution in [0.1, 0.15) is 45.9 Å². The minimum atomic E-state index is -4.69. The number of nitrogens with zero attached hydrogens (tertiary/aromatic N) is 5. The highest BCUT2D eigenvalue weighted by molar-refractivity contribution is 6.34. The van der Waals surface area contributed by atoms with Crippen molar-refractivity contribution in [2.75, 3.05) is 31.5 Å². The summed E-state index contributed by atoms with van der Waals surface area (Å²) >= 11 is 6.43. The van der Waals surface area contributed by atoms with Gasteiger partial charge in [-0.15, -0.1) is 0 Å². The lowest BCUT2D eigenvalue weighted by Gasteiger charge is -2.24. The van der Waals surface area contributed by atoms with Crippen molar-refractivity contribution in [2.24, 2.45) is 24.8 Å². The van der Waals surface area contributed by atoms with Crippen LogP contribution < -0.4 is 21.3 Å². The number of halogens is 4. The number of amides is 4. The average Bonchev–Trinajstić information content (AvgIpc) is 3.56. The van der Waals surface area contributed by atoms with Crippen molar-refractivity contribution < 1.29 is 32.7 Å². The summed E-state index contributed by atoms with van der Waals surface area (Å²) in [5.41, 5.74) is -0.631. The topological polar surface area (TPSA) is 158 Å². The van der Waals surface area contributed by atoms with E-state index in [0.29, 0.717) is 38.6 Å². The van der Waals surface area contributed by atoms with Crippen LogP contribution in [0.15, 0.2) is 30.6 Å². The number of aromatic nitrogens is 4. The fourth-order valence-corrected chi connectivity index (χ4v) is 7.15. The van der Waals surface area contributed by atoms with Gasteiger partial charge in [-0.1, -0.05) is 18.0 Å². The molecule has 5 atom stereocenters. The monoisotopic (exact) mass is 689 g/mol. The number of carbonyl (C=O) groups excluding carboxylic acids is 3. The van der Waals surface area contributed by atoms with E-state index in [1.165, 1.54) is 46.9 Å². The van der Waals surface area contributed by atoms with Crippen molar-refractivity contribution >= 4 is 35.1 Å². The lowest BCUT2D eigenvalue weighted by Crippen LogP contribution is -2.49. The van der Waals surface area contributed by atoms with Gasteiger partial charge in [0, 0.05) is 69.5 Å². The number of aliphatic hydroxyl groups excluding tert-OH is 1. The Bertz CT molecular complexity index is 1740. The van der Waals surface area contributed by atoms with Crippen molar-refractivity contribution in [2.45, 2.75) is 50.2 Å². The molecule has 0 bridgehead atoms. The van der Waals surface area contributed by atoms with E-state index >= 15 is 0 Å². The number of nitrogens with one attached hydrogen (secondary N) is 4. The predicted octanol–water partition coefficient (Wildman–Crippen LogP) is 2.71. The SMILES string of the molecule is Cn1c(-c2cn(CC3CCC3)nc2C(F)(F)F)cnc1C(=O)Nc1ccc(C(=O)NC2[C@H]3CN(C(=O)N[C@@H]4CNC[C@H]4O)C[C@@H]23)c(Cl)c1. The molecule has 2 aromatic heterocycles. The smallest absolute Gasteiger partial charge is 0.390 e. The van der Waals surface area contributed by atoms with E-state index in [-0.39, 0.29) is 69.2 Å². The zero-order chi connectivity index (χ0) is 33.9. The predicted molar refractivity (Wildman–Crippen MR) is 167 cm³/mol. The van der Waals surface area contributed by atoms with Gasteiger partial charge < -0.3 is 35.8 Å². The van der Waals surface area contributed by atoms with E-state index in [9.17, 15) is 32.7 Å². The largest absolute Gasteiger partial charge is 0.435 e. The Morgan fingerprint density at radius 2 is 1.85 bits per heavy atom. The molecule has 4 fully saturated rings. The number of benzene rings is 1. The van der Waals surface area contributed by atoms with Gasteiger partial charge in [0.2, 0.25) is 0 Å². The second kappa shape index (κ2) is 12.4. The third-order valence-corrected chi connectivity index (χ3v) is 10.2. The summed E-state index contributed by atoms with van der Waals surface area (Å²) in [7, 11) is 1.46. The quantitative estimate of drug-likeness (QED) is 0.243. The minimum Gasteiger partial charge on any atom is -0.390 e. The highest BCUT2D eigenvalue weighted by Crippen LogP contribution is 2.46. The van der Waals surface area contributed by atoms with Crippen molar-refractivity contribution in [1.29, 1.82) is 0 Å². The molecule has 1 aromatic carbocycles. The number of β-amino-alcohol motifs (C(OH)–C–C–N with tert-alkyl or cyclic N) is 1. The van der Waals surface area contributed by atoms with Crippen LogP contribution in [0.5, 0.6) is 0 Å². The van der Waals surface area contributed by atoms with E-state index in [0.717, 1.165) is 19.3 Å². The molecule has 48 heavy (non-hydrogen) atoms. The first-order valence-electron chi connectivity index (χ1n) is 15.9. The molecule has 256 valence electrons.